The van der Waals surface area contributed by atoms with E-state index in [1.165, 1.54) is 6.07 Å². The first-order valence-electron chi connectivity index (χ1n) is 8.90. The molecule has 2 N–H and O–H groups in total. The molecule has 1 aromatic heterocycles. The summed E-state index contributed by atoms with van der Waals surface area (Å²) < 4.78 is 20.1. The summed E-state index contributed by atoms with van der Waals surface area (Å²) in [6, 6.07) is 10.2. The number of hydrogen-bond donors (Lipinski definition) is 1. The SMILES string of the molecule is Cc1cc(N)cc([C@@H]2CN(C(=O)C3(c4ccccc4F)CC3)CCO2)n1. The van der Waals surface area contributed by atoms with Crippen LogP contribution in [0, 0.1) is 12.7 Å². The Morgan fingerprint density at radius 3 is 2.81 bits per heavy atom. The minimum Gasteiger partial charge on any atom is -0.399 e. The van der Waals surface area contributed by atoms with E-state index in [-0.39, 0.29) is 17.8 Å². The highest BCUT2D eigenvalue weighted by Crippen LogP contribution is 2.50. The number of pyridine rings is 1. The quantitative estimate of drug-likeness (QED) is 0.919. The fourth-order valence-corrected chi connectivity index (χ4v) is 3.77. The number of ether oxygens (including phenoxy) is 1. The van der Waals surface area contributed by atoms with Crippen molar-refractivity contribution in [2.24, 2.45) is 0 Å². The zero-order valence-electron chi connectivity index (χ0n) is 14.7. The molecular weight excluding hydrogens is 333 g/mol. The Morgan fingerprint density at radius 2 is 2.12 bits per heavy atom. The molecule has 5 nitrogen and oxygen atoms in total. The molecule has 1 saturated heterocycles. The predicted octanol–water partition coefficient (Wildman–Crippen LogP) is 2.74. The summed E-state index contributed by atoms with van der Waals surface area (Å²) >= 11 is 0. The molecule has 0 bridgehead atoms. The van der Waals surface area contributed by atoms with E-state index in [1.807, 2.05) is 6.92 Å². The molecule has 1 aromatic carbocycles. The van der Waals surface area contributed by atoms with Crippen molar-refractivity contribution in [3.05, 3.63) is 59.2 Å². The first kappa shape index (κ1) is 17.0. The second-order valence-corrected chi connectivity index (χ2v) is 7.14. The number of rotatable bonds is 3. The number of benzene rings is 1. The Kier molecular flexibility index (Phi) is 4.15. The minimum absolute atomic E-state index is 0.0171. The van der Waals surface area contributed by atoms with Gasteiger partial charge in [0.05, 0.1) is 24.3 Å². The number of carbonyl (C=O) groups excluding carboxylic acids is 1. The number of aromatic nitrogens is 1. The van der Waals surface area contributed by atoms with Crippen molar-refractivity contribution in [2.45, 2.75) is 31.3 Å². The van der Waals surface area contributed by atoms with Crippen molar-refractivity contribution in [2.75, 3.05) is 25.4 Å². The van der Waals surface area contributed by atoms with Crippen molar-refractivity contribution in [3.8, 4) is 0 Å². The monoisotopic (exact) mass is 355 g/mol. The van der Waals surface area contributed by atoms with Crippen LogP contribution in [0.4, 0.5) is 10.1 Å². The Balaban J connectivity index is 1.56. The number of morpholine rings is 1. The fraction of sp³-hybridized carbons (Fsp3) is 0.400. The van der Waals surface area contributed by atoms with Gasteiger partial charge in [-0.25, -0.2) is 4.39 Å². The molecule has 0 unspecified atom stereocenters. The van der Waals surface area contributed by atoms with Crippen LogP contribution in [-0.2, 0) is 14.9 Å². The lowest BCUT2D eigenvalue weighted by molar-refractivity contribution is -0.142. The highest BCUT2D eigenvalue weighted by Gasteiger charge is 2.54. The second-order valence-electron chi connectivity index (χ2n) is 7.14. The molecule has 1 atom stereocenters. The Morgan fingerprint density at radius 1 is 1.35 bits per heavy atom. The third kappa shape index (κ3) is 2.94. The van der Waals surface area contributed by atoms with Crippen LogP contribution in [0.5, 0.6) is 0 Å². The molecule has 2 aromatic rings. The van der Waals surface area contributed by atoms with E-state index in [0.717, 1.165) is 11.4 Å². The smallest absolute Gasteiger partial charge is 0.233 e. The molecule has 1 saturated carbocycles. The van der Waals surface area contributed by atoms with Gasteiger partial charge >= 0.3 is 0 Å². The summed E-state index contributed by atoms with van der Waals surface area (Å²) in [6.45, 7) is 3.22. The fourth-order valence-electron chi connectivity index (χ4n) is 3.77. The minimum atomic E-state index is -0.716. The maximum atomic E-state index is 14.3. The van der Waals surface area contributed by atoms with E-state index in [2.05, 4.69) is 4.98 Å². The van der Waals surface area contributed by atoms with Gasteiger partial charge in [0.2, 0.25) is 5.91 Å². The van der Waals surface area contributed by atoms with Gasteiger partial charge in [0, 0.05) is 23.5 Å². The Bertz CT molecular complexity index is 830. The summed E-state index contributed by atoms with van der Waals surface area (Å²) in [4.78, 5) is 19.5. The third-order valence-corrected chi connectivity index (χ3v) is 5.23. The van der Waals surface area contributed by atoms with E-state index in [0.29, 0.717) is 43.8 Å². The number of amides is 1. The second kappa shape index (κ2) is 6.36. The number of hydrogen-bond acceptors (Lipinski definition) is 4. The standard InChI is InChI=1S/C20H22FN3O2/c1-13-10-14(22)11-17(23-13)18-12-24(8-9-26-18)19(25)20(6-7-20)15-4-2-3-5-16(15)21/h2-5,10-11,18H,6-9,12H2,1H3,(H2,22,23)/t18-/m0/s1. The summed E-state index contributed by atoms with van der Waals surface area (Å²) in [6.07, 6.45) is 1.06. The number of nitrogens with zero attached hydrogens (tertiary/aromatic N) is 2. The molecule has 26 heavy (non-hydrogen) atoms. The zero-order valence-corrected chi connectivity index (χ0v) is 14.7. The molecule has 1 aliphatic heterocycles. The third-order valence-electron chi connectivity index (χ3n) is 5.23. The molecule has 2 fully saturated rings. The van der Waals surface area contributed by atoms with E-state index in [4.69, 9.17) is 10.5 Å². The van der Waals surface area contributed by atoms with Crippen LogP contribution in [0.3, 0.4) is 0 Å². The Hall–Kier alpha value is -2.47. The van der Waals surface area contributed by atoms with Crippen molar-refractivity contribution in [1.82, 2.24) is 9.88 Å². The summed E-state index contributed by atoms with van der Waals surface area (Å²) in [5.74, 6) is -0.326. The molecule has 1 aliphatic carbocycles. The van der Waals surface area contributed by atoms with Crippen LogP contribution in [0.25, 0.3) is 0 Å². The van der Waals surface area contributed by atoms with Crippen molar-refractivity contribution in [3.63, 3.8) is 0 Å². The van der Waals surface area contributed by atoms with Gasteiger partial charge in [-0.05, 0) is 38.0 Å². The largest absolute Gasteiger partial charge is 0.399 e. The summed E-state index contributed by atoms with van der Waals surface area (Å²) in [5, 5.41) is 0. The van der Waals surface area contributed by atoms with Crippen LogP contribution in [0.15, 0.2) is 36.4 Å². The van der Waals surface area contributed by atoms with Crippen LogP contribution in [0.1, 0.15) is 35.9 Å². The van der Waals surface area contributed by atoms with E-state index in [9.17, 15) is 9.18 Å². The summed E-state index contributed by atoms with van der Waals surface area (Å²) in [7, 11) is 0. The molecule has 136 valence electrons. The first-order valence-corrected chi connectivity index (χ1v) is 8.90. The molecule has 2 heterocycles. The lowest BCUT2D eigenvalue weighted by atomic mass is 9.93. The van der Waals surface area contributed by atoms with Gasteiger partial charge < -0.3 is 15.4 Å². The van der Waals surface area contributed by atoms with Crippen LogP contribution >= 0.6 is 0 Å². The normalized spacial score (nSPS) is 21.5. The van der Waals surface area contributed by atoms with Crippen LogP contribution in [-0.4, -0.2) is 35.5 Å². The number of nitrogen functional groups attached to an aromatic ring is 1. The number of aryl methyl sites for hydroxylation is 1. The lowest BCUT2D eigenvalue weighted by Crippen LogP contribution is -2.47. The van der Waals surface area contributed by atoms with Gasteiger partial charge in [0.1, 0.15) is 11.9 Å². The van der Waals surface area contributed by atoms with Crippen LogP contribution in [0.2, 0.25) is 0 Å². The van der Waals surface area contributed by atoms with E-state index < -0.39 is 5.41 Å². The molecular formula is C20H22FN3O2. The number of carbonyl (C=O) groups is 1. The van der Waals surface area contributed by atoms with Gasteiger partial charge in [-0.2, -0.15) is 0 Å². The van der Waals surface area contributed by atoms with E-state index >= 15 is 0 Å². The van der Waals surface area contributed by atoms with Crippen LogP contribution < -0.4 is 5.73 Å². The van der Waals surface area contributed by atoms with Gasteiger partial charge in [-0.3, -0.25) is 9.78 Å². The molecule has 4 rings (SSSR count). The maximum Gasteiger partial charge on any atom is 0.233 e. The molecule has 2 aliphatic rings. The Labute approximate surface area is 152 Å². The van der Waals surface area contributed by atoms with Gasteiger partial charge in [-0.15, -0.1) is 0 Å². The molecule has 1 amide bonds. The van der Waals surface area contributed by atoms with Crippen molar-refractivity contribution in [1.29, 1.82) is 0 Å². The number of anilines is 1. The van der Waals surface area contributed by atoms with Crippen molar-refractivity contribution >= 4 is 11.6 Å². The molecule has 6 heteroatoms. The number of nitrogens with two attached hydrogens (primary N) is 1. The topological polar surface area (TPSA) is 68.5 Å². The van der Waals surface area contributed by atoms with Crippen molar-refractivity contribution < 1.29 is 13.9 Å². The summed E-state index contributed by atoms with van der Waals surface area (Å²) in [5.41, 5.74) is 7.88. The highest BCUT2D eigenvalue weighted by atomic mass is 19.1. The average Bonchev–Trinajstić information content (AvgIpc) is 3.42. The maximum absolute atomic E-state index is 14.3. The van der Waals surface area contributed by atoms with E-state index in [1.54, 1.807) is 35.2 Å². The highest BCUT2D eigenvalue weighted by molar-refractivity contribution is 5.91. The zero-order chi connectivity index (χ0) is 18.3. The molecule has 0 spiro atoms. The van der Waals surface area contributed by atoms with Gasteiger partial charge in [-0.1, -0.05) is 18.2 Å². The predicted molar refractivity (Wildman–Crippen MR) is 96.0 cm³/mol. The lowest BCUT2D eigenvalue weighted by Gasteiger charge is -2.35. The van der Waals surface area contributed by atoms with Gasteiger partial charge in [0.25, 0.3) is 0 Å². The number of halogens is 1. The molecule has 0 radical (unpaired) electrons. The first-order chi connectivity index (χ1) is 12.5. The van der Waals surface area contributed by atoms with Gasteiger partial charge in [0.15, 0.2) is 0 Å². The average molecular weight is 355 g/mol.